The van der Waals surface area contributed by atoms with Crippen LogP contribution in [-0.2, 0) is 9.47 Å². The second-order valence-corrected chi connectivity index (χ2v) is 7.46. The fraction of sp³-hybridized carbons (Fsp3) is 1.00. The van der Waals surface area contributed by atoms with E-state index in [4.69, 9.17) is 9.47 Å². The van der Waals surface area contributed by atoms with Crippen LogP contribution in [0.25, 0.3) is 0 Å². The summed E-state index contributed by atoms with van der Waals surface area (Å²) in [6.07, 6.45) is 8.30. The summed E-state index contributed by atoms with van der Waals surface area (Å²) < 4.78 is 12.4. The molecule has 0 rings (SSSR count). The van der Waals surface area contributed by atoms with Crippen LogP contribution >= 0.6 is 0 Å². The molecule has 23 heavy (non-hydrogen) atoms. The SMILES string of the molecule is CCC(CC)COCC(CC)(CC)COCC(CC)(CC)CC. The molecule has 0 aromatic heterocycles. The van der Waals surface area contributed by atoms with E-state index in [1.54, 1.807) is 0 Å². The molecule has 0 unspecified atom stereocenters. The molecule has 0 amide bonds. The van der Waals surface area contributed by atoms with Crippen LogP contribution in [0.4, 0.5) is 0 Å². The molecule has 0 aliphatic carbocycles. The van der Waals surface area contributed by atoms with Crippen LogP contribution in [0.3, 0.4) is 0 Å². The molecule has 0 aliphatic heterocycles. The molecule has 140 valence electrons. The zero-order valence-corrected chi connectivity index (χ0v) is 17.2. The van der Waals surface area contributed by atoms with Crippen LogP contribution in [0.15, 0.2) is 0 Å². The van der Waals surface area contributed by atoms with Crippen LogP contribution in [-0.4, -0.2) is 26.4 Å². The fourth-order valence-electron chi connectivity index (χ4n) is 3.21. The van der Waals surface area contributed by atoms with E-state index in [9.17, 15) is 0 Å². The molecular formula is C21H44O2. The van der Waals surface area contributed by atoms with Gasteiger partial charge in [0.15, 0.2) is 0 Å². The van der Waals surface area contributed by atoms with Crippen molar-refractivity contribution in [3.8, 4) is 0 Å². The highest BCUT2D eigenvalue weighted by atomic mass is 16.5. The first-order valence-electron chi connectivity index (χ1n) is 10.2. The summed E-state index contributed by atoms with van der Waals surface area (Å²) in [7, 11) is 0. The van der Waals surface area contributed by atoms with E-state index in [-0.39, 0.29) is 5.41 Å². The van der Waals surface area contributed by atoms with Crippen LogP contribution < -0.4 is 0 Å². The summed E-state index contributed by atoms with van der Waals surface area (Å²) in [6, 6.07) is 0. The molecule has 0 aliphatic rings. The average molecular weight is 329 g/mol. The van der Waals surface area contributed by atoms with Gasteiger partial charge in [-0.15, -0.1) is 0 Å². The molecule has 0 fully saturated rings. The Morgan fingerprint density at radius 2 is 0.957 bits per heavy atom. The van der Waals surface area contributed by atoms with Crippen molar-refractivity contribution in [2.75, 3.05) is 26.4 Å². The monoisotopic (exact) mass is 328 g/mol. The normalized spacial score (nSPS) is 13.0. The smallest absolute Gasteiger partial charge is 0.0544 e. The van der Waals surface area contributed by atoms with Crippen LogP contribution in [0, 0.1) is 16.7 Å². The number of hydrogen-bond acceptors (Lipinski definition) is 2. The van der Waals surface area contributed by atoms with Crippen molar-refractivity contribution in [3.05, 3.63) is 0 Å². The zero-order valence-electron chi connectivity index (χ0n) is 17.2. The third-order valence-corrected chi connectivity index (χ3v) is 6.48. The lowest BCUT2D eigenvalue weighted by Crippen LogP contribution is -2.34. The Kier molecular flexibility index (Phi) is 12.3. The first-order chi connectivity index (χ1) is 11.0. The highest BCUT2D eigenvalue weighted by molar-refractivity contribution is 4.79. The van der Waals surface area contributed by atoms with Crippen molar-refractivity contribution in [1.82, 2.24) is 0 Å². The van der Waals surface area contributed by atoms with Crippen molar-refractivity contribution >= 4 is 0 Å². The molecule has 0 atom stereocenters. The first-order valence-corrected chi connectivity index (χ1v) is 10.2. The van der Waals surface area contributed by atoms with Gasteiger partial charge in [-0.2, -0.15) is 0 Å². The standard InChI is InChI=1S/C21H44O2/c1-8-19(9-2)15-22-17-21(13-6,14-7)18-23-16-20(10-3,11-4)12-5/h19H,8-18H2,1-7H3. The Morgan fingerprint density at radius 3 is 1.35 bits per heavy atom. The molecule has 0 radical (unpaired) electrons. The molecule has 0 N–H and O–H groups in total. The maximum atomic E-state index is 6.25. The summed E-state index contributed by atoms with van der Waals surface area (Å²) in [4.78, 5) is 0. The maximum Gasteiger partial charge on any atom is 0.0544 e. The lowest BCUT2D eigenvalue weighted by molar-refractivity contribution is -0.0582. The van der Waals surface area contributed by atoms with E-state index in [2.05, 4.69) is 48.5 Å². The Morgan fingerprint density at radius 1 is 0.565 bits per heavy atom. The van der Waals surface area contributed by atoms with Crippen LogP contribution in [0.5, 0.6) is 0 Å². The van der Waals surface area contributed by atoms with Gasteiger partial charge in [-0.05, 0) is 43.4 Å². The summed E-state index contributed by atoms with van der Waals surface area (Å²) in [5.41, 5.74) is 0.552. The molecule has 0 saturated heterocycles. The van der Waals surface area contributed by atoms with Gasteiger partial charge in [-0.25, -0.2) is 0 Å². The highest BCUT2D eigenvalue weighted by Gasteiger charge is 2.30. The minimum atomic E-state index is 0.187. The van der Waals surface area contributed by atoms with Crippen molar-refractivity contribution in [2.24, 2.45) is 16.7 Å². The third-order valence-electron chi connectivity index (χ3n) is 6.48. The zero-order chi connectivity index (χ0) is 17.8. The van der Waals surface area contributed by atoms with E-state index in [1.807, 2.05) is 0 Å². The molecule has 0 aromatic carbocycles. The third kappa shape index (κ3) is 7.56. The van der Waals surface area contributed by atoms with Crippen LogP contribution in [0.2, 0.25) is 0 Å². The van der Waals surface area contributed by atoms with Gasteiger partial charge >= 0.3 is 0 Å². The predicted octanol–water partition coefficient (Wildman–Crippen LogP) is 6.48. The Bertz CT molecular complexity index is 255. The van der Waals surface area contributed by atoms with Gasteiger partial charge in [-0.1, -0.05) is 61.3 Å². The van der Waals surface area contributed by atoms with E-state index in [0.29, 0.717) is 11.3 Å². The van der Waals surface area contributed by atoms with Gasteiger partial charge in [0.2, 0.25) is 0 Å². The molecule has 0 bridgehead atoms. The van der Waals surface area contributed by atoms with Gasteiger partial charge in [-0.3, -0.25) is 0 Å². The highest BCUT2D eigenvalue weighted by Crippen LogP contribution is 2.33. The average Bonchev–Trinajstić information content (AvgIpc) is 2.61. The molecule has 2 nitrogen and oxygen atoms in total. The van der Waals surface area contributed by atoms with Gasteiger partial charge in [0.1, 0.15) is 0 Å². The minimum absolute atomic E-state index is 0.187. The van der Waals surface area contributed by atoms with Crippen molar-refractivity contribution in [2.45, 2.75) is 93.4 Å². The number of ether oxygens (including phenoxy) is 2. The van der Waals surface area contributed by atoms with E-state index >= 15 is 0 Å². The van der Waals surface area contributed by atoms with Gasteiger partial charge < -0.3 is 9.47 Å². The summed E-state index contributed by atoms with van der Waals surface area (Å²) in [6.45, 7) is 19.4. The molecular weight excluding hydrogens is 284 g/mol. The van der Waals surface area contributed by atoms with Crippen LogP contribution in [0.1, 0.15) is 93.4 Å². The Hall–Kier alpha value is -0.0800. The second kappa shape index (κ2) is 12.3. The largest absolute Gasteiger partial charge is 0.380 e. The summed E-state index contributed by atoms with van der Waals surface area (Å²) >= 11 is 0. The molecule has 2 heteroatoms. The number of hydrogen-bond donors (Lipinski definition) is 0. The quantitative estimate of drug-likeness (QED) is 0.342. The summed E-state index contributed by atoms with van der Waals surface area (Å²) in [5, 5.41) is 0. The maximum absolute atomic E-state index is 6.25. The van der Waals surface area contributed by atoms with Crippen molar-refractivity contribution < 1.29 is 9.47 Å². The lowest BCUT2D eigenvalue weighted by atomic mass is 9.80. The Labute approximate surface area is 146 Å². The Balaban J connectivity index is 4.48. The van der Waals surface area contributed by atoms with Gasteiger partial charge in [0.05, 0.1) is 19.8 Å². The lowest BCUT2D eigenvalue weighted by Gasteiger charge is -2.35. The topological polar surface area (TPSA) is 18.5 Å². The number of rotatable bonds is 15. The van der Waals surface area contributed by atoms with Crippen molar-refractivity contribution in [1.29, 1.82) is 0 Å². The van der Waals surface area contributed by atoms with E-state index in [0.717, 1.165) is 39.3 Å². The minimum Gasteiger partial charge on any atom is -0.380 e. The predicted molar refractivity (Wildman–Crippen MR) is 102 cm³/mol. The van der Waals surface area contributed by atoms with E-state index in [1.165, 1.54) is 32.1 Å². The van der Waals surface area contributed by atoms with Gasteiger partial charge in [0.25, 0.3) is 0 Å². The molecule has 0 spiro atoms. The molecule has 0 saturated carbocycles. The van der Waals surface area contributed by atoms with Crippen molar-refractivity contribution in [3.63, 3.8) is 0 Å². The van der Waals surface area contributed by atoms with E-state index < -0.39 is 0 Å². The molecule has 0 aromatic rings. The first kappa shape index (κ1) is 22.9. The fourth-order valence-corrected chi connectivity index (χ4v) is 3.21. The van der Waals surface area contributed by atoms with Gasteiger partial charge in [0, 0.05) is 12.0 Å². The summed E-state index contributed by atoms with van der Waals surface area (Å²) in [5.74, 6) is 0.704. The second-order valence-electron chi connectivity index (χ2n) is 7.46. The molecule has 0 heterocycles.